The maximum atomic E-state index is 11.7. The summed E-state index contributed by atoms with van der Waals surface area (Å²) in [5.74, 6) is -1.08. The SMILES string of the molecule is C/C=C/CCNC(=O)N1C[C@H](O)C[C@H]1C(=O)O. The summed E-state index contributed by atoms with van der Waals surface area (Å²) in [4.78, 5) is 23.7. The summed E-state index contributed by atoms with van der Waals surface area (Å²) in [6.07, 6.45) is 3.84. The molecule has 0 aromatic carbocycles. The van der Waals surface area contributed by atoms with Gasteiger partial charge in [-0.1, -0.05) is 12.2 Å². The smallest absolute Gasteiger partial charge is 0.326 e. The van der Waals surface area contributed by atoms with Crippen molar-refractivity contribution in [2.75, 3.05) is 13.1 Å². The molecule has 1 heterocycles. The minimum atomic E-state index is -1.08. The normalized spacial score (nSPS) is 24.2. The number of hydrogen-bond donors (Lipinski definition) is 3. The van der Waals surface area contributed by atoms with Gasteiger partial charge in [-0.05, 0) is 13.3 Å². The van der Waals surface area contributed by atoms with E-state index in [2.05, 4.69) is 5.32 Å². The highest BCUT2D eigenvalue weighted by Crippen LogP contribution is 2.17. The van der Waals surface area contributed by atoms with Crippen molar-refractivity contribution in [1.82, 2.24) is 10.2 Å². The van der Waals surface area contributed by atoms with Gasteiger partial charge in [0.05, 0.1) is 6.10 Å². The average Bonchev–Trinajstić information content (AvgIpc) is 2.66. The molecule has 1 aliphatic rings. The van der Waals surface area contributed by atoms with E-state index in [9.17, 15) is 14.7 Å². The minimum absolute atomic E-state index is 0.0758. The Morgan fingerprint density at radius 3 is 2.82 bits per heavy atom. The molecule has 0 aromatic heterocycles. The van der Waals surface area contributed by atoms with Crippen LogP contribution in [0.5, 0.6) is 0 Å². The van der Waals surface area contributed by atoms with Crippen molar-refractivity contribution in [3.63, 3.8) is 0 Å². The van der Waals surface area contributed by atoms with Crippen LogP contribution in [0.4, 0.5) is 4.79 Å². The van der Waals surface area contributed by atoms with Gasteiger partial charge < -0.3 is 20.4 Å². The molecule has 1 rings (SSSR count). The van der Waals surface area contributed by atoms with Crippen molar-refractivity contribution in [2.24, 2.45) is 0 Å². The van der Waals surface area contributed by atoms with Crippen LogP contribution in [0.3, 0.4) is 0 Å². The number of amides is 2. The Balaban J connectivity index is 2.46. The Morgan fingerprint density at radius 2 is 2.24 bits per heavy atom. The first-order valence-corrected chi connectivity index (χ1v) is 5.62. The van der Waals surface area contributed by atoms with Gasteiger partial charge in [0.25, 0.3) is 0 Å². The van der Waals surface area contributed by atoms with E-state index in [1.807, 2.05) is 19.1 Å². The van der Waals surface area contributed by atoms with Gasteiger partial charge in [-0.25, -0.2) is 9.59 Å². The molecule has 2 atom stereocenters. The standard InChI is InChI=1S/C11H18N2O4/c1-2-3-4-5-12-11(17)13-7-8(14)6-9(13)10(15)16/h2-3,8-9,14H,4-7H2,1H3,(H,12,17)(H,15,16)/b3-2+/t8-,9+/m1/s1. The van der Waals surface area contributed by atoms with Gasteiger partial charge in [-0.15, -0.1) is 0 Å². The number of aliphatic carboxylic acids is 1. The van der Waals surface area contributed by atoms with Gasteiger partial charge >= 0.3 is 12.0 Å². The number of carboxylic acid groups (broad SMARTS) is 1. The number of allylic oxidation sites excluding steroid dienone is 1. The van der Waals surface area contributed by atoms with E-state index in [4.69, 9.17) is 5.11 Å². The van der Waals surface area contributed by atoms with E-state index in [1.165, 1.54) is 4.90 Å². The lowest BCUT2D eigenvalue weighted by Gasteiger charge is -2.21. The number of nitrogens with zero attached hydrogens (tertiary/aromatic N) is 1. The lowest BCUT2D eigenvalue weighted by atomic mass is 10.2. The zero-order valence-electron chi connectivity index (χ0n) is 9.80. The third kappa shape index (κ3) is 3.74. The topological polar surface area (TPSA) is 89.9 Å². The van der Waals surface area contributed by atoms with Crippen LogP contribution in [0.2, 0.25) is 0 Å². The fourth-order valence-corrected chi connectivity index (χ4v) is 1.80. The van der Waals surface area contributed by atoms with Gasteiger partial charge in [0.15, 0.2) is 0 Å². The van der Waals surface area contributed by atoms with Crippen LogP contribution in [-0.2, 0) is 4.79 Å². The zero-order chi connectivity index (χ0) is 12.8. The summed E-state index contributed by atoms with van der Waals surface area (Å²) in [7, 11) is 0. The van der Waals surface area contributed by atoms with Gasteiger partial charge in [0.1, 0.15) is 6.04 Å². The van der Waals surface area contributed by atoms with Gasteiger partial charge in [0.2, 0.25) is 0 Å². The highest BCUT2D eigenvalue weighted by atomic mass is 16.4. The highest BCUT2D eigenvalue weighted by Gasteiger charge is 2.38. The highest BCUT2D eigenvalue weighted by molar-refractivity contribution is 5.83. The van der Waals surface area contributed by atoms with Crippen molar-refractivity contribution in [1.29, 1.82) is 0 Å². The summed E-state index contributed by atoms with van der Waals surface area (Å²) in [6, 6.07) is -1.36. The number of hydrogen-bond acceptors (Lipinski definition) is 3. The predicted molar refractivity (Wildman–Crippen MR) is 61.6 cm³/mol. The Bertz CT molecular complexity index is 317. The fourth-order valence-electron chi connectivity index (χ4n) is 1.80. The maximum absolute atomic E-state index is 11.7. The number of nitrogens with one attached hydrogen (secondary N) is 1. The largest absolute Gasteiger partial charge is 0.480 e. The first-order chi connectivity index (χ1) is 8.06. The van der Waals surface area contributed by atoms with E-state index >= 15 is 0 Å². The Morgan fingerprint density at radius 1 is 1.53 bits per heavy atom. The summed E-state index contributed by atoms with van der Waals surface area (Å²) in [5, 5.41) is 20.9. The van der Waals surface area contributed by atoms with E-state index < -0.39 is 24.1 Å². The van der Waals surface area contributed by atoms with Gasteiger partial charge in [-0.2, -0.15) is 0 Å². The van der Waals surface area contributed by atoms with Crippen LogP contribution < -0.4 is 5.32 Å². The molecule has 1 fully saturated rings. The summed E-state index contributed by atoms with van der Waals surface area (Å²) in [6.45, 7) is 2.42. The van der Waals surface area contributed by atoms with Crippen molar-refractivity contribution >= 4 is 12.0 Å². The summed E-state index contributed by atoms with van der Waals surface area (Å²) in [5.41, 5.74) is 0. The Kier molecular flexibility index (Phi) is 4.96. The quantitative estimate of drug-likeness (QED) is 0.484. The van der Waals surface area contributed by atoms with Crippen LogP contribution in [0, 0.1) is 0 Å². The Labute approximate surface area is 99.9 Å². The second kappa shape index (κ2) is 6.24. The molecular weight excluding hydrogens is 224 g/mol. The van der Waals surface area contributed by atoms with Gasteiger partial charge in [-0.3, -0.25) is 0 Å². The first-order valence-electron chi connectivity index (χ1n) is 5.62. The number of aliphatic hydroxyl groups excluding tert-OH is 1. The number of β-amino-alcohol motifs (C(OH)–C–C–N with tert-alkyl or cyclic N) is 1. The molecule has 96 valence electrons. The predicted octanol–water partition coefficient (Wildman–Crippen LogP) is 0.182. The molecule has 0 aliphatic carbocycles. The number of likely N-dealkylation sites (tertiary alicyclic amines) is 1. The molecular formula is C11H18N2O4. The third-order valence-electron chi connectivity index (χ3n) is 2.65. The molecule has 0 bridgehead atoms. The molecule has 1 saturated heterocycles. The summed E-state index contributed by atoms with van der Waals surface area (Å²) >= 11 is 0. The van der Waals surface area contributed by atoms with Crippen LogP contribution >= 0.6 is 0 Å². The van der Waals surface area contributed by atoms with Crippen LogP contribution in [0.1, 0.15) is 19.8 Å². The molecule has 0 aromatic rings. The lowest BCUT2D eigenvalue weighted by molar-refractivity contribution is -0.141. The monoisotopic (exact) mass is 242 g/mol. The van der Waals surface area contributed by atoms with E-state index in [-0.39, 0.29) is 13.0 Å². The number of aliphatic hydroxyl groups is 1. The second-order valence-corrected chi connectivity index (χ2v) is 3.99. The molecule has 0 spiro atoms. The second-order valence-electron chi connectivity index (χ2n) is 3.99. The van der Waals surface area contributed by atoms with E-state index in [0.717, 1.165) is 0 Å². The molecule has 0 unspecified atom stereocenters. The minimum Gasteiger partial charge on any atom is -0.480 e. The average molecular weight is 242 g/mol. The number of rotatable bonds is 4. The van der Waals surface area contributed by atoms with Crippen molar-refractivity contribution in [3.05, 3.63) is 12.2 Å². The molecule has 6 nitrogen and oxygen atoms in total. The number of carboxylic acids is 1. The molecule has 6 heteroatoms. The van der Waals surface area contributed by atoms with Crippen LogP contribution in [0.25, 0.3) is 0 Å². The third-order valence-corrected chi connectivity index (χ3v) is 2.65. The zero-order valence-corrected chi connectivity index (χ0v) is 9.80. The number of urea groups is 1. The molecule has 2 amide bonds. The molecule has 0 saturated carbocycles. The summed E-state index contributed by atoms with van der Waals surface area (Å²) < 4.78 is 0. The Hall–Kier alpha value is -1.56. The van der Waals surface area contributed by atoms with Crippen molar-refractivity contribution in [3.8, 4) is 0 Å². The van der Waals surface area contributed by atoms with Crippen molar-refractivity contribution in [2.45, 2.75) is 31.9 Å². The molecule has 1 aliphatic heterocycles. The first kappa shape index (κ1) is 13.5. The number of carbonyl (C=O) groups is 2. The number of carbonyl (C=O) groups excluding carboxylic acids is 1. The van der Waals surface area contributed by atoms with E-state index in [1.54, 1.807) is 0 Å². The lowest BCUT2D eigenvalue weighted by Crippen LogP contribution is -2.46. The maximum Gasteiger partial charge on any atom is 0.326 e. The van der Waals surface area contributed by atoms with Gasteiger partial charge in [0, 0.05) is 19.5 Å². The van der Waals surface area contributed by atoms with E-state index in [0.29, 0.717) is 13.0 Å². The molecule has 0 radical (unpaired) electrons. The van der Waals surface area contributed by atoms with Crippen LogP contribution in [-0.4, -0.2) is 52.3 Å². The molecule has 3 N–H and O–H groups in total. The van der Waals surface area contributed by atoms with Crippen LogP contribution in [0.15, 0.2) is 12.2 Å². The van der Waals surface area contributed by atoms with Crippen molar-refractivity contribution < 1.29 is 19.8 Å². The molecule has 17 heavy (non-hydrogen) atoms. The fraction of sp³-hybridized carbons (Fsp3) is 0.636.